The van der Waals surface area contributed by atoms with Crippen LogP contribution in [0.1, 0.15) is 36.6 Å². The average molecular weight is 244 g/mol. The first-order valence-electron chi connectivity index (χ1n) is 6.31. The predicted molar refractivity (Wildman–Crippen MR) is 75.1 cm³/mol. The van der Waals surface area contributed by atoms with E-state index in [9.17, 15) is 0 Å². The largest absolute Gasteiger partial charge is 0.459 e. The lowest BCUT2D eigenvalue weighted by molar-refractivity contribution is 0.410. The molecule has 3 heteroatoms. The van der Waals surface area contributed by atoms with Gasteiger partial charge >= 0.3 is 0 Å². The van der Waals surface area contributed by atoms with Crippen molar-refractivity contribution in [3.8, 4) is 0 Å². The van der Waals surface area contributed by atoms with Crippen LogP contribution in [-0.4, -0.2) is 0 Å². The number of hydrazine groups is 1. The Hall–Kier alpha value is -1.58. The van der Waals surface area contributed by atoms with E-state index in [-0.39, 0.29) is 6.04 Å². The summed E-state index contributed by atoms with van der Waals surface area (Å²) in [6.07, 6.45) is 4.92. The molecule has 1 atom stereocenters. The first-order chi connectivity index (χ1) is 8.74. The van der Waals surface area contributed by atoms with E-state index >= 15 is 0 Å². The van der Waals surface area contributed by atoms with E-state index in [1.807, 2.05) is 12.1 Å². The summed E-state index contributed by atoms with van der Waals surface area (Å²) in [7, 11) is 0. The Bertz CT molecular complexity index is 530. The number of aryl methyl sites for hydroxylation is 1. The molecule has 0 aliphatic carbocycles. The number of allylic oxidation sites excluding steroid dienone is 1. The molecule has 0 radical (unpaired) electrons. The SMILES string of the molecule is C=CCCCC(NN)c1cc2cc(C)ccc2o1. The topological polar surface area (TPSA) is 51.2 Å². The third-order valence-corrected chi connectivity index (χ3v) is 3.14. The summed E-state index contributed by atoms with van der Waals surface area (Å²) in [5.74, 6) is 6.51. The van der Waals surface area contributed by atoms with Crippen LogP contribution in [0.25, 0.3) is 11.0 Å². The lowest BCUT2D eigenvalue weighted by Crippen LogP contribution is -2.27. The van der Waals surface area contributed by atoms with Gasteiger partial charge in [0.2, 0.25) is 0 Å². The van der Waals surface area contributed by atoms with Crippen LogP contribution in [0.5, 0.6) is 0 Å². The lowest BCUT2D eigenvalue weighted by Gasteiger charge is -2.11. The number of unbranched alkanes of at least 4 members (excludes halogenated alkanes) is 1. The smallest absolute Gasteiger partial charge is 0.134 e. The fourth-order valence-corrected chi connectivity index (χ4v) is 2.13. The Labute approximate surface area is 108 Å². The number of furan rings is 1. The van der Waals surface area contributed by atoms with Crippen LogP contribution in [0.4, 0.5) is 0 Å². The summed E-state index contributed by atoms with van der Waals surface area (Å²) in [5.41, 5.74) is 4.98. The van der Waals surface area contributed by atoms with Gasteiger partial charge in [0, 0.05) is 5.39 Å². The van der Waals surface area contributed by atoms with Gasteiger partial charge < -0.3 is 4.42 Å². The van der Waals surface area contributed by atoms with Crippen LogP contribution in [0.15, 0.2) is 41.3 Å². The lowest BCUT2D eigenvalue weighted by atomic mass is 10.1. The van der Waals surface area contributed by atoms with Crippen LogP contribution >= 0.6 is 0 Å². The Morgan fingerprint density at radius 1 is 1.44 bits per heavy atom. The number of hydrogen-bond acceptors (Lipinski definition) is 3. The van der Waals surface area contributed by atoms with Crippen LogP contribution in [0.3, 0.4) is 0 Å². The molecule has 1 aromatic carbocycles. The molecular weight excluding hydrogens is 224 g/mol. The molecule has 3 N–H and O–H groups in total. The molecule has 0 aliphatic heterocycles. The molecule has 96 valence electrons. The fourth-order valence-electron chi connectivity index (χ4n) is 2.13. The minimum absolute atomic E-state index is 0.0673. The molecule has 0 amide bonds. The minimum Gasteiger partial charge on any atom is -0.459 e. The highest BCUT2D eigenvalue weighted by Crippen LogP contribution is 2.27. The van der Waals surface area contributed by atoms with Gasteiger partial charge in [-0.2, -0.15) is 0 Å². The summed E-state index contributed by atoms with van der Waals surface area (Å²) < 4.78 is 5.84. The van der Waals surface area contributed by atoms with E-state index in [1.54, 1.807) is 0 Å². The van der Waals surface area contributed by atoms with E-state index in [0.29, 0.717) is 0 Å². The molecule has 1 heterocycles. The third kappa shape index (κ3) is 2.81. The minimum atomic E-state index is 0.0673. The first-order valence-corrected chi connectivity index (χ1v) is 6.31. The number of benzene rings is 1. The predicted octanol–water partition coefficient (Wildman–Crippen LogP) is 3.60. The highest BCUT2D eigenvalue weighted by molar-refractivity contribution is 5.78. The molecule has 18 heavy (non-hydrogen) atoms. The van der Waals surface area contributed by atoms with Gasteiger partial charge in [-0.25, -0.2) is 5.43 Å². The van der Waals surface area contributed by atoms with Crippen LogP contribution in [0.2, 0.25) is 0 Å². The Balaban J connectivity index is 2.19. The molecule has 3 nitrogen and oxygen atoms in total. The fraction of sp³-hybridized carbons (Fsp3) is 0.333. The molecular formula is C15H20N2O. The second-order valence-electron chi connectivity index (χ2n) is 4.63. The van der Waals surface area contributed by atoms with Crippen molar-refractivity contribution in [3.05, 3.63) is 48.2 Å². The van der Waals surface area contributed by atoms with Crippen molar-refractivity contribution in [1.82, 2.24) is 5.43 Å². The van der Waals surface area contributed by atoms with Gasteiger partial charge in [-0.05, 0) is 44.4 Å². The third-order valence-electron chi connectivity index (χ3n) is 3.14. The van der Waals surface area contributed by atoms with Gasteiger partial charge in [-0.3, -0.25) is 5.84 Å². The molecule has 2 rings (SSSR count). The zero-order chi connectivity index (χ0) is 13.0. The molecule has 1 aromatic heterocycles. The van der Waals surface area contributed by atoms with Crippen LogP contribution < -0.4 is 11.3 Å². The molecule has 0 bridgehead atoms. The van der Waals surface area contributed by atoms with Crippen molar-refractivity contribution >= 4 is 11.0 Å². The summed E-state index contributed by atoms with van der Waals surface area (Å²) in [6, 6.07) is 8.32. The highest BCUT2D eigenvalue weighted by Gasteiger charge is 2.14. The van der Waals surface area contributed by atoms with E-state index < -0.39 is 0 Å². The van der Waals surface area contributed by atoms with E-state index in [1.165, 1.54) is 5.56 Å². The molecule has 0 saturated heterocycles. The Kier molecular flexibility index (Phi) is 4.18. The Morgan fingerprint density at radius 3 is 3.00 bits per heavy atom. The molecule has 0 saturated carbocycles. The van der Waals surface area contributed by atoms with E-state index in [0.717, 1.165) is 36.0 Å². The second kappa shape index (κ2) is 5.85. The first kappa shape index (κ1) is 12.9. The number of nitrogens with two attached hydrogens (primary N) is 1. The number of nitrogens with one attached hydrogen (secondary N) is 1. The van der Waals surface area contributed by atoms with Gasteiger partial charge in [0.25, 0.3) is 0 Å². The molecule has 0 aliphatic rings. The summed E-state index contributed by atoms with van der Waals surface area (Å²) in [4.78, 5) is 0. The quantitative estimate of drug-likeness (QED) is 0.353. The average Bonchev–Trinajstić information content (AvgIpc) is 2.77. The second-order valence-corrected chi connectivity index (χ2v) is 4.63. The van der Waals surface area contributed by atoms with Crippen LogP contribution in [-0.2, 0) is 0 Å². The zero-order valence-corrected chi connectivity index (χ0v) is 10.8. The molecule has 1 unspecified atom stereocenters. The maximum absolute atomic E-state index is 5.84. The highest BCUT2D eigenvalue weighted by atomic mass is 16.3. The standard InChI is InChI=1S/C15H20N2O/c1-3-4-5-6-13(17-16)15-10-12-9-11(2)7-8-14(12)18-15/h3,7-10,13,17H,1,4-6,16H2,2H3. The van der Waals surface area contributed by atoms with Gasteiger partial charge in [0.15, 0.2) is 0 Å². The van der Waals surface area contributed by atoms with Crippen molar-refractivity contribution in [2.45, 2.75) is 32.2 Å². The Morgan fingerprint density at radius 2 is 2.28 bits per heavy atom. The van der Waals surface area contributed by atoms with Gasteiger partial charge in [-0.1, -0.05) is 17.7 Å². The summed E-state index contributed by atoms with van der Waals surface area (Å²) in [6.45, 7) is 5.80. The number of hydrogen-bond donors (Lipinski definition) is 2. The maximum atomic E-state index is 5.84. The zero-order valence-electron chi connectivity index (χ0n) is 10.8. The number of fused-ring (bicyclic) bond motifs is 1. The number of rotatable bonds is 6. The van der Waals surface area contributed by atoms with Gasteiger partial charge in [0.05, 0.1) is 6.04 Å². The summed E-state index contributed by atoms with van der Waals surface area (Å²) >= 11 is 0. The molecule has 0 fully saturated rings. The van der Waals surface area contributed by atoms with Crippen molar-refractivity contribution in [3.63, 3.8) is 0 Å². The van der Waals surface area contributed by atoms with E-state index in [2.05, 4.69) is 37.1 Å². The molecule has 0 spiro atoms. The maximum Gasteiger partial charge on any atom is 0.134 e. The van der Waals surface area contributed by atoms with Crippen LogP contribution in [0, 0.1) is 6.92 Å². The van der Waals surface area contributed by atoms with Crippen molar-refractivity contribution in [2.75, 3.05) is 0 Å². The van der Waals surface area contributed by atoms with Crippen molar-refractivity contribution in [2.24, 2.45) is 5.84 Å². The molecule has 2 aromatic rings. The van der Waals surface area contributed by atoms with Crippen molar-refractivity contribution in [1.29, 1.82) is 0 Å². The van der Waals surface area contributed by atoms with Crippen molar-refractivity contribution < 1.29 is 4.42 Å². The monoisotopic (exact) mass is 244 g/mol. The van der Waals surface area contributed by atoms with Gasteiger partial charge in [-0.15, -0.1) is 6.58 Å². The summed E-state index contributed by atoms with van der Waals surface area (Å²) in [5, 5.41) is 1.13. The normalized spacial score (nSPS) is 12.8. The van der Waals surface area contributed by atoms with E-state index in [4.69, 9.17) is 10.3 Å². The van der Waals surface area contributed by atoms with Gasteiger partial charge in [0.1, 0.15) is 11.3 Å².